The molecule has 13 nitrogen and oxygen atoms in total. The Morgan fingerprint density at radius 1 is 1.46 bits per heavy atom. The van der Waals surface area contributed by atoms with E-state index >= 15 is 0 Å². The summed E-state index contributed by atoms with van der Waals surface area (Å²) in [5.74, 6) is -2.31. The molecule has 0 aliphatic carbocycles. The van der Waals surface area contributed by atoms with Crippen LogP contribution in [-0.4, -0.2) is 89.8 Å². The Morgan fingerprint density at radius 2 is 2.21 bits per heavy atom. The number of amides is 3. The molecule has 2 saturated heterocycles. The summed E-state index contributed by atoms with van der Waals surface area (Å²) < 4.78 is 6.97. The van der Waals surface area contributed by atoms with E-state index in [4.69, 9.17) is 10.5 Å². The van der Waals surface area contributed by atoms with Crippen LogP contribution in [-0.2, 0) is 30.5 Å². The van der Waals surface area contributed by atoms with Crippen molar-refractivity contribution in [2.75, 3.05) is 12.3 Å². The van der Waals surface area contributed by atoms with E-state index < -0.39 is 36.0 Å². The van der Waals surface area contributed by atoms with Crippen LogP contribution < -0.4 is 35.3 Å². The normalized spacial score (nSPS) is 24.9. The summed E-state index contributed by atoms with van der Waals surface area (Å²) in [7, 11) is 0. The van der Waals surface area contributed by atoms with Crippen LogP contribution in [0.25, 0.3) is 0 Å². The number of tetrazole rings is 1. The number of aromatic nitrogens is 4. The molecule has 3 N–H and O–H groups in total. The third-order valence-corrected chi connectivity index (χ3v) is 5.47. The number of β-lactam (4-membered cyclic amide) rings is 1. The van der Waals surface area contributed by atoms with Gasteiger partial charge < -0.3 is 21.9 Å². The summed E-state index contributed by atoms with van der Waals surface area (Å²) in [4.78, 5) is 48.8. The van der Waals surface area contributed by atoms with Crippen molar-refractivity contribution >= 4 is 36.0 Å². The molecule has 3 aliphatic rings. The summed E-state index contributed by atoms with van der Waals surface area (Å²) in [5.41, 5.74) is 4.87. The molecule has 3 amide bonds. The van der Waals surface area contributed by atoms with Gasteiger partial charge in [0.2, 0.25) is 17.5 Å². The number of aliphatic carboxylic acids is 1. The third kappa shape index (κ3) is 3.15. The van der Waals surface area contributed by atoms with Gasteiger partial charge in [-0.25, -0.2) is 9.48 Å². The number of likely N-dealkylation sites (tertiary alicyclic amines) is 1. The van der Waals surface area contributed by atoms with Crippen LogP contribution >= 0.6 is 11.8 Å². The Balaban J connectivity index is 0.00000150. The van der Waals surface area contributed by atoms with Gasteiger partial charge in [-0.3, -0.25) is 19.3 Å². The monoisotopic (exact) mass is 419 g/mol. The number of hydrogen-bond acceptors (Lipinski definition) is 9. The van der Waals surface area contributed by atoms with Gasteiger partial charge >= 0.3 is 35.5 Å². The first kappa shape index (κ1) is 20.6. The molecular formula is C13H14N7NaO6S. The largest absolute Gasteiger partial charge is 1.00 e. The Morgan fingerprint density at radius 3 is 2.86 bits per heavy atom. The van der Waals surface area contributed by atoms with E-state index in [9.17, 15) is 24.3 Å². The molecule has 2 fully saturated rings. The number of rotatable bonds is 7. The van der Waals surface area contributed by atoms with Gasteiger partial charge in [0.15, 0.2) is 5.70 Å². The van der Waals surface area contributed by atoms with Crippen LogP contribution in [0.15, 0.2) is 16.6 Å². The summed E-state index contributed by atoms with van der Waals surface area (Å²) in [5, 5.41) is 20.6. The van der Waals surface area contributed by atoms with E-state index in [0.717, 1.165) is 11.8 Å². The van der Waals surface area contributed by atoms with Crippen molar-refractivity contribution < 1.29 is 60.0 Å². The molecule has 144 valence electrons. The van der Waals surface area contributed by atoms with Gasteiger partial charge in [-0.15, -0.1) is 5.10 Å². The zero-order chi connectivity index (χ0) is 19.3. The van der Waals surface area contributed by atoms with Gasteiger partial charge in [0.25, 0.3) is 5.91 Å². The minimum atomic E-state index is -1.31. The first-order valence-electron chi connectivity index (χ1n) is 7.77. The zero-order valence-electron chi connectivity index (χ0n) is 15.6. The van der Waals surface area contributed by atoms with Gasteiger partial charge in [0.1, 0.15) is 30.5 Å². The maximum Gasteiger partial charge on any atom is 1.00 e. The summed E-state index contributed by atoms with van der Waals surface area (Å²) in [6.07, 6.45) is 0.0623. The maximum atomic E-state index is 12.4. The van der Waals surface area contributed by atoms with Crippen molar-refractivity contribution in [3.05, 3.63) is 11.5 Å². The number of carboxylic acids is 1. The van der Waals surface area contributed by atoms with Crippen LogP contribution in [0.1, 0.15) is 1.43 Å². The molecule has 0 unspecified atom stereocenters. The number of hydrogen-bond donors (Lipinski definition) is 2. The molecule has 0 aromatic carbocycles. The number of ether oxygens (including phenoxy) is 1. The van der Waals surface area contributed by atoms with Crippen molar-refractivity contribution in [3.8, 4) is 0 Å². The van der Waals surface area contributed by atoms with Crippen LogP contribution in [0, 0.1) is 0 Å². The molecule has 3 aliphatic heterocycles. The van der Waals surface area contributed by atoms with Crippen LogP contribution in [0.2, 0.25) is 0 Å². The second-order valence-electron chi connectivity index (χ2n) is 6.05. The van der Waals surface area contributed by atoms with Gasteiger partial charge in [-0.1, -0.05) is 11.8 Å². The Bertz CT molecular complexity index is 897. The predicted molar refractivity (Wildman–Crippen MR) is 85.6 cm³/mol. The molecule has 3 atom stereocenters. The topological polar surface area (TPSA) is 174 Å². The Labute approximate surface area is 185 Å². The predicted octanol–water partition coefficient (Wildman–Crippen LogP) is -5.89. The third-order valence-electron chi connectivity index (χ3n) is 4.51. The number of carboxylic acid groups (broad SMARTS) is 1. The molecule has 0 saturated carbocycles. The van der Waals surface area contributed by atoms with E-state index in [1.807, 2.05) is 0 Å². The van der Waals surface area contributed by atoms with E-state index in [-0.39, 0.29) is 66.4 Å². The van der Waals surface area contributed by atoms with Gasteiger partial charge in [-0.05, 0) is 10.4 Å². The molecule has 1 aromatic rings. The Kier molecular flexibility index (Phi) is 5.65. The molecule has 0 radical (unpaired) electrons. The smallest absolute Gasteiger partial charge is 1.00 e. The van der Waals surface area contributed by atoms with Crippen LogP contribution in [0.4, 0.5) is 0 Å². The van der Waals surface area contributed by atoms with Crippen molar-refractivity contribution in [1.29, 1.82) is 0 Å². The summed E-state index contributed by atoms with van der Waals surface area (Å²) >= 11 is 1.04. The van der Waals surface area contributed by atoms with Gasteiger partial charge in [-0.2, -0.15) is 0 Å². The number of primary amides is 1. The van der Waals surface area contributed by atoms with Crippen LogP contribution in [0.3, 0.4) is 0 Å². The van der Waals surface area contributed by atoms with Gasteiger partial charge in [0.05, 0.1) is 12.3 Å². The molecule has 0 bridgehead atoms. The fourth-order valence-corrected chi connectivity index (χ4v) is 4.29. The van der Waals surface area contributed by atoms with E-state index in [0.29, 0.717) is 6.41 Å². The average molecular weight is 419 g/mol. The molecule has 1 aromatic heterocycles. The number of carbonyl (C=O) groups is 4. The Hall–Kier alpha value is -2.16. The number of nitrogens with zero attached hydrogens (tertiary/aromatic N) is 6. The zero-order valence-corrected chi connectivity index (χ0v) is 17.4. The summed E-state index contributed by atoms with van der Waals surface area (Å²) in [6, 6.07) is -1.18. The number of thioether (sulfide) groups is 1. The van der Waals surface area contributed by atoms with E-state index in [1.54, 1.807) is 0 Å². The first-order valence-corrected chi connectivity index (χ1v) is 8.75. The molecule has 4 heterocycles. The minimum absolute atomic E-state index is 0. The number of nitrogens with two attached hydrogens (primary N) is 1. The SMILES string of the molecule is NC(=O)Cn1nnnc1SCC1=C(C(=O)O)N2C(=O)[C@@H]3[C@H]2[C@@H](CN3C=O)O1.[H-].[Na+]. The minimum Gasteiger partial charge on any atom is -1.00 e. The van der Waals surface area contributed by atoms with Crippen molar-refractivity contribution in [1.82, 2.24) is 30.0 Å². The molecule has 15 heteroatoms. The quantitative estimate of drug-likeness (QED) is 0.187. The molecular weight excluding hydrogens is 405 g/mol. The van der Waals surface area contributed by atoms with Crippen molar-refractivity contribution in [2.45, 2.75) is 29.9 Å². The van der Waals surface area contributed by atoms with Crippen LogP contribution in [0.5, 0.6) is 0 Å². The average Bonchev–Trinajstić information content (AvgIpc) is 3.19. The van der Waals surface area contributed by atoms with Gasteiger partial charge in [0, 0.05) is 0 Å². The van der Waals surface area contributed by atoms with E-state index in [2.05, 4.69) is 15.5 Å². The first-order chi connectivity index (χ1) is 12.9. The fourth-order valence-electron chi connectivity index (χ4n) is 3.48. The standard InChI is InChI=1S/C13H13N7O6S.Na.H/c14-7(22)2-19-13(15-16-17-19)27-3-6-9(12(24)25)20-8-5(26-6)1-18(4-21)10(8)11(20)23;;/h4-5,8,10H,1-3H2,(H2,14,22)(H,24,25);;/q;+1;-1/t5-,8-,10+;;/m1../s1. The van der Waals surface area contributed by atoms with Crippen molar-refractivity contribution in [3.63, 3.8) is 0 Å². The second-order valence-corrected chi connectivity index (χ2v) is 7.00. The second kappa shape index (κ2) is 7.69. The van der Waals surface area contributed by atoms with E-state index in [1.165, 1.54) is 14.5 Å². The molecule has 0 spiro atoms. The molecule has 4 rings (SSSR count). The summed E-state index contributed by atoms with van der Waals surface area (Å²) in [6.45, 7) is -0.0339. The molecule has 28 heavy (non-hydrogen) atoms. The number of carbonyl (C=O) groups excluding carboxylic acids is 3. The maximum absolute atomic E-state index is 12.4. The fraction of sp³-hybridized carbons (Fsp3) is 0.462. The van der Waals surface area contributed by atoms with Crippen molar-refractivity contribution in [2.24, 2.45) is 5.73 Å².